The number of pyridine rings is 1. The molecule has 0 unspecified atom stereocenters. The molecule has 3 heteroatoms. The number of nitrogens with zero attached hydrogens (tertiary/aromatic N) is 2. The van der Waals surface area contributed by atoms with E-state index in [0.29, 0.717) is 0 Å². The van der Waals surface area contributed by atoms with Crippen LogP contribution in [0.2, 0.25) is 19.6 Å². The van der Waals surface area contributed by atoms with Gasteiger partial charge in [0.2, 0.25) is 0 Å². The number of hydrogen-bond acceptors (Lipinski definition) is 0. The van der Waals surface area contributed by atoms with Crippen LogP contribution in [-0.4, -0.2) is 8.07 Å². The average Bonchev–Trinajstić information content (AvgIpc) is 3.40. The molecular formula is C36H36N2Si. The highest BCUT2D eigenvalue weighted by molar-refractivity contribution is 6.90. The molecule has 0 saturated heterocycles. The summed E-state index contributed by atoms with van der Waals surface area (Å²) in [5.41, 5.74) is 9.00. The van der Waals surface area contributed by atoms with Crippen molar-refractivity contribution >= 4 is 62.1 Å². The molecule has 0 amide bonds. The van der Waals surface area contributed by atoms with Crippen LogP contribution in [-0.2, 0) is 5.41 Å². The zero-order valence-electron chi connectivity index (χ0n) is 24.1. The highest BCUT2D eigenvalue weighted by atomic mass is 28.3. The third-order valence-electron chi connectivity index (χ3n) is 8.70. The molecule has 0 fully saturated rings. The minimum Gasteiger partial charge on any atom is -0.266 e. The van der Waals surface area contributed by atoms with Crippen molar-refractivity contribution in [1.82, 2.24) is 0 Å². The summed E-state index contributed by atoms with van der Waals surface area (Å²) in [6, 6.07) is 27.3. The summed E-state index contributed by atoms with van der Waals surface area (Å²) >= 11 is 0. The molecular weight excluding hydrogens is 488 g/mol. The number of rotatable bonds is 2. The first kappa shape index (κ1) is 24.2. The fourth-order valence-corrected chi connectivity index (χ4v) is 8.45. The standard InChI is InChI=1S/C36H36N2Si/c1-22-23-13-9-10-14-24(23)29(36(2,3)4)21-28(22)34-35-26(19-20-37(34)5)25-17-18-31(39(6,7)8)32-27-15-11-12-16-30(27)38(35)33(25)32/h9-21H,5H2,1-4,6-8H3. The van der Waals surface area contributed by atoms with E-state index in [1.54, 1.807) is 0 Å². The number of aryl methyl sites for hydroxylation is 1. The SMILES string of the molecule is C=[n+]1ccc2c3ccc([Si](C)(C)C)c4c5ccccc5[n+](c34)[c-]2[c-]1-c1cc(C(C)(C)C)c2ccccc2c1C. The Kier molecular flexibility index (Phi) is 4.88. The molecule has 194 valence electrons. The second kappa shape index (κ2) is 7.86. The summed E-state index contributed by atoms with van der Waals surface area (Å²) < 4.78 is 4.63. The lowest BCUT2D eigenvalue weighted by Gasteiger charge is -2.27. The maximum absolute atomic E-state index is 4.55. The van der Waals surface area contributed by atoms with Crippen LogP contribution in [0.5, 0.6) is 0 Å². The first-order valence-corrected chi connectivity index (χ1v) is 17.5. The van der Waals surface area contributed by atoms with Crippen molar-refractivity contribution in [3.63, 3.8) is 0 Å². The molecule has 3 heterocycles. The van der Waals surface area contributed by atoms with Gasteiger partial charge in [0.15, 0.2) is 16.7 Å². The number of fused-ring (bicyclic) bond motifs is 7. The van der Waals surface area contributed by atoms with E-state index in [0.717, 1.165) is 0 Å². The van der Waals surface area contributed by atoms with Crippen molar-refractivity contribution in [2.45, 2.75) is 52.8 Å². The molecule has 2 nitrogen and oxygen atoms in total. The largest absolute Gasteiger partial charge is 0.266 e. The predicted molar refractivity (Wildman–Crippen MR) is 169 cm³/mol. The van der Waals surface area contributed by atoms with Gasteiger partial charge in [0.1, 0.15) is 5.52 Å². The lowest BCUT2D eigenvalue weighted by Crippen LogP contribution is -2.38. The summed E-state index contributed by atoms with van der Waals surface area (Å²) in [6.07, 6.45) is 2.15. The monoisotopic (exact) mass is 524 g/mol. The molecule has 7 rings (SSSR count). The molecule has 0 saturated carbocycles. The van der Waals surface area contributed by atoms with E-state index in [-0.39, 0.29) is 5.41 Å². The lowest BCUT2D eigenvalue weighted by molar-refractivity contribution is -0.497. The van der Waals surface area contributed by atoms with E-state index in [2.05, 4.69) is 142 Å². The molecule has 0 bridgehead atoms. The molecule has 0 aliphatic carbocycles. The Bertz CT molecular complexity index is 2160. The molecule has 4 aromatic carbocycles. The predicted octanol–water partition coefficient (Wildman–Crippen LogP) is 7.94. The van der Waals surface area contributed by atoms with Crippen LogP contribution >= 0.6 is 0 Å². The number of hydrogen-bond donors (Lipinski definition) is 0. The van der Waals surface area contributed by atoms with Gasteiger partial charge in [-0.25, -0.2) is 4.40 Å². The highest BCUT2D eigenvalue weighted by Crippen LogP contribution is 2.40. The van der Waals surface area contributed by atoms with Crippen LogP contribution in [0.4, 0.5) is 0 Å². The van der Waals surface area contributed by atoms with Crippen molar-refractivity contribution in [2.24, 2.45) is 0 Å². The summed E-state index contributed by atoms with van der Waals surface area (Å²) in [4.78, 5) is 0. The van der Waals surface area contributed by atoms with Gasteiger partial charge in [-0.15, -0.1) is 11.6 Å². The Morgan fingerprint density at radius 2 is 1.46 bits per heavy atom. The second-order valence-electron chi connectivity index (χ2n) is 13.3. The molecule has 39 heavy (non-hydrogen) atoms. The Labute approximate surface area is 231 Å². The zero-order chi connectivity index (χ0) is 27.4. The lowest BCUT2D eigenvalue weighted by atomic mass is 9.80. The van der Waals surface area contributed by atoms with E-state index in [4.69, 9.17) is 0 Å². The van der Waals surface area contributed by atoms with E-state index >= 15 is 0 Å². The minimum absolute atomic E-state index is 0.00855. The molecule has 0 aliphatic rings. The fraction of sp³-hybridized carbons (Fsp3) is 0.222. The topological polar surface area (TPSA) is 10.0 Å². The van der Waals surface area contributed by atoms with Crippen molar-refractivity contribution in [2.75, 3.05) is 0 Å². The molecule has 3 aromatic heterocycles. The maximum Gasteiger partial charge on any atom is 0.166 e. The van der Waals surface area contributed by atoms with Gasteiger partial charge in [-0.1, -0.05) is 130 Å². The van der Waals surface area contributed by atoms with Crippen LogP contribution in [0.25, 0.3) is 60.1 Å². The quantitative estimate of drug-likeness (QED) is 0.123. The van der Waals surface area contributed by atoms with Crippen molar-refractivity contribution < 1.29 is 8.64 Å². The second-order valence-corrected chi connectivity index (χ2v) is 18.3. The van der Waals surface area contributed by atoms with Crippen molar-refractivity contribution in [3.8, 4) is 11.3 Å². The molecule has 7 aromatic rings. The Morgan fingerprint density at radius 1 is 0.795 bits per heavy atom. The summed E-state index contributed by atoms with van der Waals surface area (Å²) in [5, 5.41) is 9.60. The van der Waals surface area contributed by atoms with Crippen LogP contribution in [0.15, 0.2) is 79.0 Å². The van der Waals surface area contributed by atoms with Gasteiger partial charge >= 0.3 is 0 Å². The van der Waals surface area contributed by atoms with Gasteiger partial charge in [-0.3, -0.25) is 4.24 Å². The molecule has 0 radical (unpaired) electrons. The van der Waals surface area contributed by atoms with Gasteiger partial charge in [-0.05, 0) is 27.6 Å². The summed E-state index contributed by atoms with van der Waals surface area (Å²) in [6.45, 7) is 21.2. The number of para-hydroxylation sites is 1. The third-order valence-corrected chi connectivity index (χ3v) is 10.7. The normalized spacial score (nSPS) is 13.1. The van der Waals surface area contributed by atoms with Crippen LogP contribution in [0, 0.1) is 13.6 Å². The zero-order valence-corrected chi connectivity index (χ0v) is 25.1. The molecule has 0 spiro atoms. The molecule has 0 aliphatic heterocycles. The molecule has 0 N–H and O–H groups in total. The van der Waals surface area contributed by atoms with Crippen molar-refractivity contribution in [1.29, 1.82) is 0 Å². The van der Waals surface area contributed by atoms with Crippen molar-refractivity contribution in [3.05, 3.63) is 96.8 Å². The first-order chi connectivity index (χ1) is 18.5. The fourth-order valence-electron chi connectivity index (χ4n) is 6.87. The average molecular weight is 525 g/mol. The van der Waals surface area contributed by atoms with Crippen LogP contribution in [0.1, 0.15) is 31.9 Å². The highest BCUT2D eigenvalue weighted by Gasteiger charge is 2.29. The third kappa shape index (κ3) is 3.26. The van der Waals surface area contributed by atoms with Crippen LogP contribution < -0.4 is 13.8 Å². The van der Waals surface area contributed by atoms with Gasteiger partial charge < -0.3 is 0 Å². The van der Waals surface area contributed by atoms with E-state index in [9.17, 15) is 0 Å². The Balaban J connectivity index is 1.75. The maximum atomic E-state index is 4.55. The van der Waals surface area contributed by atoms with Gasteiger partial charge in [0.05, 0.1) is 21.0 Å². The van der Waals surface area contributed by atoms with E-state index in [1.807, 2.05) is 0 Å². The Morgan fingerprint density at radius 3 is 2.15 bits per heavy atom. The van der Waals surface area contributed by atoms with Crippen LogP contribution in [0.3, 0.4) is 0 Å². The number of aromatic nitrogens is 2. The Hall–Kier alpha value is -3.82. The minimum atomic E-state index is -1.59. The van der Waals surface area contributed by atoms with Gasteiger partial charge in [0.25, 0.3) is 0 Å². The number of benzene rings is 4. The summed E-state index contributed by atoms with van der Waals surface area (Å²) in [5.74, 6) is 0. The molecule has 0 atom stereocenters. The van der Waals surface area contributed by atoms with E-state index in [1.165, 1.54) is 76.4 Å². The van der Waals surface area contributed by atoms with Gasteiger partial charge in [-0.2, -0.15) is 0 Å². The van der Waals surface area contributed by atoms with Gasteiger partial charge in [0, 0.05) is 10.8 Å². The summed E-state index contributed by atoms with van der Waals surface area (Å²) in [7, 11) is -1.59. The smallest absolute Gasteiger partial charge is 0.166 e. The van der Waals surface area contributed by atoms with E-state index < -0.39 is 8.07 Å². The first-order valence-electron chi connectivity index (χ1n) is 14.0.